The molecule has 1 saturated heterocycles. The zero-order valence-corrected chi connectivity index (χ0v) is 21.9. The lowest BCUT2D eigenvalue weighted by Crippen LogP contribution is -2.39. The van der Waals surface area contributed by atoms with E-state index in [9.17, 15) is 14.7 Å². The summed E-state index contributed by atoms with van der Waals surface area (Å²) in [7, 11) is 0. The van der Waals surface area contributed by atoms with Crippen molar-refractivity contribution in [1.29, 1.82) is 0 Å². The average molecular weight is 470 g/mol. The first-order valence-corrected chi connectivity index (χ1v) is 12.5. The third-order valence-corrected chi connectivity index (χ3v) is 6.46. The molecule has 0 radical (unpaired) electrons. The highest BCUT2D eigenvalue weighted by Crippen LogP contribution is 2.33. The highest BCUT2D eigenvalue weighted by Gasteiger charge is 2.33. The lowest BCUT2D eigenvalue weighted by Gasteiger charge is -2.29. The predicted octanol–water partition coefficient (Wildman–Crippen LogP) is 5.48. The van der Waals surface area contributed by atoms with Crippen LogP contribution < -0.4 is 0 Å². The number of hydrogen-bond acceptors (Lipinski definition) is 5. The van der Waals surface area contributed by atoms with Gasteiger partial charge in [0.15, 0.2) is 11.9 Å². The van der Waals surface area contributed by atoms with Gasteiger partial charge in [0.2, 0.25) is 0 Å². The van der Waals surface area contributed by atoms with Gasteiger partial charge in [-0.15, -0.1) is 0 Å². The maximum absolute atomic E-state index is 13.2. The molecule has 0 unspecified atom stereocenters. The monoisotopic (exact) mass is 469 g/mol. The topological polar surface area (TPSA) is 66.8 Å². The first-order chi connectivity index (χ1) is 15.9. The Bertz CT molecular complexity index is 876. The number of allylic oxidation sites excluding steroid dienone is 6. The van der Waals surface area contributed by atoms with Crippen LogP contribution in [0.1, 0.15) is 73.6 Å². The van der Waals surface area contributed by atoms with E-state index >= 15 is 0 Å². The number of hydrogen-bond donors (Lipinski definition) is 1. The highest BCUT2D eigenvalue weighted by atomic mass is 16.6. The van der Waals surface area contributed by atoms with E-state index in [1.807, 2.05) is 19.9 Å². The van der Waals surface area contributed by atoms with Crippen molar-refractivity contribution < 1.29 is 19.4 Å². The molecule has 0 aromatic rings. The van der Waals surface area contributed by atoms with Gasteiger partial charge in [0.1, 0.15) is 5.60 Å². The van der Waals surface area contributed by atoms with E-state index in [4.69, 9.17) is 4.74 Å². The van der Waals surface area contributed by atoms with Gasteiger partial charge in [-0.25, -0.2) is 4.79 Å². The molecular formula is C29H43NO4. The number of carbonyl (C=O) groups is 2. The molecule has 1 aliphatic carbocycles. The van der Waals surface area contributed by atoms with E-state index in [0.29, 0.717) is 13.0 Å². The van der Waals surface area contributed by atoms with Crippen LogP contribution >= 0.6 is 0 Å². The molecule has 0 aromatic heterocycles. The predicted molar refractivity (Wildman–Crippen MR) is 138 cm³/mol. The lowest BCUT2D eigenvalue weighted by atomic mass is 9.80. The van der Waals surface area contributed by atoms with Gasteiger partial charge in [-0.1, -0.05) is 36.3 Å². The Balaban J connectivity index is 2.43. The van der Waals surface area contributed by atoms with Crippen LogP contribution in [0.2, 0.25) is 0 Å². The Morgan fingerprint density at radius 2 is 1.82 bits per heavy atom. The second-order valence-electron chi connectivity index (χ2n) is 10.8. The van der Waals surface area contributed by atoms with Gasteiger partial charge >= 0.3 is 5.97 Å². The molecule has 1 heterocycles. The first-order valence-electron chi connectivity index (χ1n) is 12.5. The highest BCUT2D eigenvalue weighted by molar-refractivity contribution is 6.04. The van der Waals surface area contributed by atoms with E-state index in [1.54, 1.807) is 13.0 Å². The molecular weight excluding hydrogens is 426 g/mol. The molecule has 188 valence electrons. The van der Waals surface area contributed by atoms with Gasteiger partial charge in [-0.05, 0) is 103 Å². The zero-order valence-electron chi connectivity index (χ0n) is 21.9. The molecule has 0 bridgehead atoms. The number of ketones is 1. The summed E-state index contributed by atoms with van der Waals surface area (Å²) in [6.07, 6.45) is 16.3. The minimum Gasteiger partial charge on any atom is -0.452 e. The average Bonchev–Trinajstić information content (AvgIpc) is 3.24. The summed E-state index contributed by atoms with van der Waals surface area (Å²) in [6.45, 7) is 14.2. The van der Waals surface area contributed by atoms with Crippen LogP contribution in [0.4, 0.5) is 0 Å². The smallest absolute Gasteiger partial charge is 0.331 e. The van der Waals surface area contributed by atoms with Gasteiger partial charge in [0.05, 0.1) is 0 Å². The number of aliphatic hydroxyl groups is 1. The molecule has 5 heteroatoms. The molecule has 2 rings (SSSR count). The van der Waals surface area contributed by atoms with E-state index in [0.717, 1.165) is 49.9 Å². The van der Waals surface area contributed by atoms with Gasteiger partial charge in [-0.2, -0.15) is 0 Å². The summed E-state index contributed by atoms with van der Waals surface area (Å²) >= 11 is 0. The summed E-state index contributed by atoms with van der Waals surface area (Å²) in [5.41, 5.74) is 1.06. The third kappa shape index (κ3) is 9.19. The fourth-order valence-corrected chi connectivity index (χ4v) is 4.24. The maximum atomic E-state index is 13.2. The van der Waals surface area contributed by atoms with Gasteiger partial charge < -0.3 is 9.84 Å². The lowest BCUT2D eigenvalue weighted by molar-refractivity contribution is -0.148. The van der Waals surface area contributed by atoms with Crippen LogP contribution in [0.25, 0.3) is 0 Å². The number of esters is 1. The zero-order chi connectivity index (χ0) is 25.4. The van der Waals surface area contributed by atoms with Crippen LogP contribution in [0.3, 0.4) is 0 Å². The van der Waals surface area contributed by atoms with Gasteiger partial charge in [0.25, 0.3) is 0 Å². The number of rotatable bonds is 7. The third-order valence-electron chi connectivity index (χ3n) is 6.46. The fourth-order valence-electron chi connectivity index (χ4n) is 4.24. The number of nitrogens with zero attached hydrogens (tertiary/aromatic N) is 1. The van der Waals surface area contributed by atoms with Crippen LogP contribution in [-0.4, -0.2) is 53.1 Å². The Labute approximate surface area is 205 Å². The second kappa shape index (κ2) is 12.5. The molecule has 0 aromatic carbocycles. The first kappa shape index (κ1) is 28.0. The quantitative estimate of drug-likeness (QED) is 0.304. The van der Waals surface area contributed by atoms with Crippen molar-refractivity contribution in [3.05, 3.63) is 59.3 Å². The Morgan fingerprint density at radius 1 is 1.15 bits per heavy atom. The molecule has 1 N–H and O–H groups in total. The summed E-state index contributed by atoms with van der Waals surface area (Å²) in [4.78, 5) is 27.9. The maximum Gasteiger partial charge on any atom is 0.331 e. The Kier molecular flexibility index (Phi) is 10.3. The molecule has 34 heavy (non-hydrogen) atoms. The Hall–Kier alpha value is -2.24. The molecule has 0 amide bonds. The normalized spacial score (nSPS) is 31.6. The molecule has 1 aliphatic heterocycles. The van der Waals surface area contributed by atoms with Crippen LogP contribution in [-0.2, 0) is 14.3 Å². The van der Waals surface area contributed by atoms with Gasteiger partial charge in [-0.3, -0.25) is 9.69 Å². The SMILES string of the molecule is CC(C)=CCC[C@]1(C)/C=C/[C@@H](OC(=O)C=C(C)C)[C@](C)(O)/C=C/C(=O)/C(CN2CCCC2)=C\C1. The van der Waals surface area contributed by atoms with Crippen LogP contribution in [0, 0.1) is 5.41 Å². The molecule has 0 saturated carbocycles. The second-order valence-corrected chi connectivity index (χ2v) is 10.8. The van der Waals surface area contributed by atoms with Crippen molar-refractivity contribution in [2.45, 2.75) is 85.4 Å². The number of likely N-dealkylation sites (tertiary alicyclic amines) is 1. The molecule has 1 fully saturated rings. The van der Waals surface area contributed by atoms with E-state index in [-0.39, 0.29) is 11.2 Å². The van der Waals surface area contributed by atoms with Crippen molar-refractivity contribution in [1.82, 2.24) is 4.90 Å². The van der Waals surface area contributed by atoms with E-state index in [1.165, 1.54) is 23.8 Å². The number of carbonyl (C=O) groups excluding carboxylic acids is 2. The van der Waals surface area contributed by atoms with Crippen molar-refractivity contribution in [2.24, 2.45) is 5.41 Å². The van der Waals surface area contributed by atoms with E-state index < -0.39 is 17.7 Å². The largest absolute Gasteiger partial charge is 0.452 e. The van der Waals surface area contributed by atoms with Crippen molar-refractivity contribution in [3.8, 4) is 0 Å². The van der Waals surface area contributed by atoms with Crippen LogP contribution in [0.15, 0.2) is 59.3 Å². The minimum atomic E-state index is -1.53. The van der Waals surface area contributed by atoms with Crippen molar-refractivity contribution >= 4 is 11.8 Å². The Morgan fingerprint density at radius 3 is 2.44 bits per heavy atom. The molecule has 2 aliphatic rings. The molecule has 3 atom stereocenters. The standard InChI is InChI=1S/C29H43NO4/c1-22(2)10-9-14-28(5)15-11-24(21-30-18-7-8-19-30)25(31)12-17-29(6,33)26(13-16-28)34-27(32)20-23(3)4/h10-13,16-17,20,26,33H,7-9,14-15,18-19,21H2,1-6H3/b16-13+,17-12+,24-11-/t26-,28+,29-/m1/s1. The molecule has 0 spiro atoms. The summed E-state index contributed by atoms with van der Waals surface area (Å²) in [5, 5.41) is 11.2. The van der Waals surface area contributed by atoms with Crippen molar-refractivity contribution in [2.75, 3.05) is 19.6 Å². The van der Waals surface area contributed by atoms with E-state index in [2.05, 4.69) is 37.8 Å². The minimum absolute atomic E-state index is 0.102. The molecule has 5 nitrogen and oxygen atoms in total. The van der Waals surface area contributed by atoms with Crippen LogP contribution in [0.5, 0.6) is 0 Å². The summed E-state index contributed by atoms with van der Waals surface area (Å²) in [6, 6.07) is 0. The summed E-state index contributed by atoms with van der Waals surface area (Å²) in [5.74, 6) is -0.612. The number of ether oxygens (including phenoxy) is 1. The fraction of sp³-hybridized carbons (Fsp3) is 0.586. The van der Waals surface area contributed by atoms with Gasteiger partial charge in [0, 0.05) is 18.2 Å². The van der Waals surface area contributed by atoms with Crippen molar-refractivity contribution in [3.63, 3.8) is 0 Å². The summed E-state index contributed by atoms with van der Waals surface area (Å²) < 4.78 is 5.64.